The maximum atomic E-state index is 13.1. The molecule has 1 unspecified atom stereocenters. The number of aromatic nitrogens is 1. The van der Waals surface area contributed by atoms with E-state index in [2.05, 4.69) is 26.2 Å². The summed E-state index contributed by atoms with van der Waals surface area (Å²) in [7, 11) is 1.63. The van der Waals surface area contributed by atoms with Gasteiger partial charge in [-0.2, -0.15) is 5.26 Å². The molecule has 0 aliphatic carbocycles. The number of hydrogen-bond acceptors (Lipinski definition) is 7. The van der Waals surface area contributed by atoms with Crippen LogP contribution in [0.2, 0.25) is 0 Å². The van der Waals surface area contributed by atoms with Crippen LogP contribution in [0.5, 0.6) is 5.75 Å². The molecule has 2 aliphatic rings. The van der Waals surface area contributed by atoms with Crippen molar-refractivity contribution < 1.29 is 14.3 Å². The lowest BCUT2D eigenvalue weighted by molar-refractivity contribution is -0.132. The standard InChI is InChI=1S/C24H28N6O3/c1-24(9-7-18-3-5-20(33-2)6-4-18)22(31)30(23(32)27-24)17-28-11-13-29(14-12-28)21-15-19(16-25)8-10-26-21/h3-6,8,10,15H,7,9,11-14,17H2,1-2H3,(H,27,32). The number of aryl methyl sites for hydroxylation is 1. The van der Waals surface area contributed by atoms with Crippen LogP contribution in [-0.4, -0.2) is 72.2 Å². The second kappa shape index (κ2) is 9.46. The summed E-state index contributed by atoms with van der Waals surface area (Å²) < 4.78 is 5.18. The van der Waals surface area contributed by atoms with Crippen LogP contribution in [0.3, 0.4) is 0 Å². The number of imide groups is 1. The van der Waals surface area contributed by atoms with Crippen molar-refractivity contribution in [2.75, 3.05) is 44.9 Å². The molecule has 2 saturated heterocycles. The van der Waals surface area contributed by atoms with Crippen molar-refractivity contribution in [3.63, 3.8) is 0 Å². The molecule has 1 aromatic heterocycles. The maximum absolute atomic E-state index is 13.1. The summed E-state index contributed by atoms with van der Waals surface area (Å²) >= 11 is 0. The number of carbonyl (C=O) groups excluding carboxylic acids is 2. The molecule has 1 aromatic carbocycles. The van der Waals surface area contributed by atoms with E-state index < -0.39 is 5.54 Å². The van der Waals surface area contributed by atoms with Gasteiger partial charge in [0.2, 0.25) is 0 Å². The number of ether oxygens (including phenoxy) is 1. The number of nitrogens with one attached hydrogen (secondary N) is 1. The van der Waals surface area contributed by atoms with Crippen LogP contribution in [-0.2, 0) is 11.2 Å². The van der Waals surface area contributed by atoms with Crippen LogP contribution in [0.25, 0.3) is 0 Å². The zero-order chi connectivity index (χ0) is 23.4. The minimum absolute atomic E-state index is 0.188. The van der Waals surface area contributed by atoms with E-state index in [0.717, 1.165) is 17.1 Å². The summed E-state index contributed by atoms with van der Waals surface area (Å²) in [5, 5.41) is 12.0. The zero-order valence-corrected chi connectivity index (χ0v) is 19.0. The normalized spacial score (nSPS) is 21.1. The molecule has 0 saturated carbocycles. The number of methoxy groups -OCH3 is 1. The zero-order valence-electron chi connectivity index (χ0n) is 19.0. The summed E-state index contributed by atoms with van der Waals surface area (Å²) in [6.07, 6.45) is 2.84. The predicted octanol–water partition coefficient (Wildman–Crippen LogP) is 1.98. The quantitative estimate of drug-likeness (QED) is 0.646. The van der Waals surface area contributed by atoms with Crippen molar-refractivity contribution in [2.24, 2.45) is 0 Å². The third kappa shape index (κ3) is 4.91. The minimum atomic E-state index is -0.916. The van der Waals surface area contributed by atoms with Gasteiger partial charge in [-0.1, -0.05) is 12.1 Å². The number of amides is 3. The van der Waals surface area contributed by atoms with Crippen molar-refractivity contribution in [3.05, 3.63) is 53.7 Å². The Hall–Kier alpha value is -3.64. The first-order valence-corrected chi connectivity index (χ1v) is 11.0. The molecule has 0 spiro atoms. The largest absolute Gasteiger partial charge is 0.497 e. The number of piperazine rings is 1. The molecule has 1 N–H and O–H groups in total. The highest BCUT2D eigenvalue weighted by atomic mass is 16.5. The number of rotatable bonds is 7. The molecule has 0 bridgehead atoms. The van der Waals surface area contributed by atoms with E-state index >= 15 is 0 Å². The van der Waals surface area contributed by atoms with Crippen molar-refractivity contribution in [2.45, 2.75) is 25.3 Å². The van der Waals surface area contributed by atoms with Gasteiger partial charge in [0.25, 0.3) is 5.91 Å². The fourth-order valence-electron chi connectivity index (χ4n) is 4.21. The number of benzene rings is 1. The van der Waals surface area contributed by atoms with Gasteiger partial charge in [-0.05, 0) is 49.6 Å². The van der Waals surface area contributed by atoms with E-state index in [1.165, 1.54) is 4.90 Å². The summed E-state index contributed by atoms with van der Waals surface area (Å²) in [6, 6.07) is 13.0. The van der Waals surface area contributed by atoms with Gasteiger partial charge in [0.05, 0.1) is 25.4 Å². The lowest BCUT2D eigenvalue weighted by Crippen LogP contribution is -2.52. The summed E-state index contributed by atoms with van der Waals surface area (Å²) in [5.74, 6) is 1.37. The van der Waals surface area contributed by atoms with Gasteiger partial charge >= 0.3 is 6.03 Å². The Morgan fingerprint density at radius 2 is 1.88 bits per heavy atom. The maximum Gasteiger partial charge on any atom is 0.326 e. The average molecular weight is 449 g/mol. The van der Waals surface area contributed by atoms with E-state index in [1.54, 1.807) is 32.4 Å². The van der Waals surface area contributed by atoms with Crippen LogP contribution >= 0.6 is 0 Å². The van der Waals surface area contributed by atoms with E-state index in [4.69, 9.17) is 10.00 Å². The number of carbonyl (C=O) groups is 2. The second-order valence-corrected chi connectivity index (χ2v) is 8.60. The van der Waals surface area contributed by atoms with Gasteiger partial charge in [0, 0.05) is 32.4 Å². The van der Waals surface area contributed by atoms with Gasteiger partial charge in [0.1, 0.15) is 17.1 Å². The molecule has 2 aliphatic heterocycles. The van der Waals surface area contributed by atoms with Gasteiger partial charge in [0.15, 0.2) is 0 Å². The van der Waals surface area contributed by atoms with Crippen molar-refractivity contribution in [3.8, 4) is 11.8 Å². The molecular formula is C24H28N6O3. The van der Waals surface area contributed by atoms with Crippen LogP contribution in [0.1, 0.15) is 24.5 Å². The van der Waals surface area contributed by atoms with E-state index in [0.29, 0.717) is 44.6 Å². The third-order valence-corrected chi connectivity index (χ3v) is 6.33. The van der Waals surface area contributed by atoms with Crippen molar-refractivity contribution in [1.82, 2.24) is 20.1 Å². The highest BCUT2D eigenvalue weighted by Gasteiger charge is 2.47. The fourth-order valence-corrected chi connectivity index (χ4v) is 4.21. The Morgan fingerprint density at radius 3 is 2.55 bits per heavy atom. The monoisotopic (exact) mass is 448 g/mol. The Kier molecular flexibility index (Phi) is 6.47. The molecule has 3 heterocycles. The molecule has 2 aromatic rings. The van der Waals surface area contributed by atoms with Gasteiger partial charge in [-0.3, -0.25) is 9.69 Å². The lowest BCUT2D eigenvalue weighted by atomic mass is 9.93. The number of pyridine rings is 1. The Balaban J connectivity index is 1.32. The average Bonchev–Trinajstić information content (AvgIpc) is 3.06. The molecule has 0 radical (unpaired) electrons. The number of hydrogen-bond donors (Lipinski definition) is 1. The predicted molar refractivity (Wildman–Crippen MR) is 123 cm³/mol. The van der Waals surface area contributed by atoms with Crippen LogP contribution in [0, 0.1) is 11.3 Å². The third-order valence-electron chi connectivity index (χ3n) is 6.33. The summed E-state index contributed by atoms with van der Waals surface area (Å²) in [4.78, 5) is 35.6. The number of nitriles is 1. The molecule has 3 amide bonds. The van der Waals surface area contributed by atoms with Gasteiger partial charge in [-0.15, -0.1) is 0 Å². The smallest absolute Gasteiger partial charge is 0.326 e. The molecular weight excluding hydrogens is 420 g/mol. The first-order valence-electron chi connectivity index (χ1n) is 11.0. The minimum Gasteiger partial charge on any atom is -0.497 e. The van der Waals surface area contributed by atoms with Gasteiger partial charge in [-0.25, -0.2) is 14.7 Å². The highest BCUT2D eigenvalue weighted by molar-refractivity contribution is 6.06. The molecule has 9 nitrogen and oxygen atoms in total. The van der Waals surface area contributed by atoms with E-state index in [-0.39, 0.29) is 18.6 Å². The molecule has 33 heavy (non-hydrogen) atoms. The number of nitrogens with zero attached hydrogens (tertiary/aromatic N) is 5. The first kappa shape index (κ1) is 22.6. The van der Waals surface area contributed by atoms with Crippen molar-refractivity contribution >= 4 is 17.8 Å². The topological polar surface area (TPSA) is 102 Å². The number of urea groups is 1. The molecule has 1 atom stereocenters. The second-order valence-electron chi connectivity index (χ2n) is 8.60. The van der Waals surface area contributed by atoms with Crippen LogP contribution < -0.4 is 15.0 Å². The molecule has 172 valence electrons. The van der Waals surface area contributed by atoms with E-state index in [9.17, 15) is 9.59 Å². The Morgan fingerprint density at radius 1 is 1.15 bits per heavy atom. The molecule has 4 rings (SSSR count). The lowest BCUT2D eigenvalue weighted by Gasteiger charge is -2.36. The van der Waals surface area contributed by atoms with Crippen LogP contribution in [0.4, 0.5) is 10.6 Å². The SMILES string of the molecule is COc1ccc(CCC2(C)NC(=O)N(CN3CCN(c4cc(C#N)ccn4)CC3)C2=O)cc1. The van der Waals surface area contributed by atoms with Crippen molar-refractivity contribution in [1.29, 1.82) is 5.26 Å². The van der Waals surface area contributed by atoms with Crippen LogP contribution in [0.15, 0.2) is 42.6 Å². The Bertz CT molecular complexity index is 1060. The summed E-state index contributed by atoms with van der Waals surface area (Å²) in [6.45, 7) is 4.86. The molecule has 9 heteroatoms. The fraction of sp³-hybridized carbons (Fsp3) is 0.417. The molecule has 2 fully saturated rings. The van der Waals surface area contributed by atoms with E-state index in [1.807, 2.05) is 24.3 Å². The number of anilines is 1. The summed E-state index contributed by atoms with van der Waals surface area (Å²) in [5.41, 5.74) is 0.749. The Labute approximate surface area is 193 Å². The first-order chi connectivity index (χ1) is 15.9. The van der Waals surface area contributed by atoms with Gasteiger partial charge < -0.3 is 15.0 Å². The highest BCUT2D eigenvalue weighted by Crippen LogP contribution is 2.25.